The molecule has 112 valence electrons. The molecule has 2 rings (SSSR count). The molecule has 7 heteroatoms. The minimum atomic E-state index is -0.390. The molecular formula is C14H16N2O4S. The van der Waals surface area contributed by atoms with Crippen molar-refractivity contribution in [3.05, 3.63) is 28.6 Å². The third kappa shape index (κ3) is 3.37. The Balaban J connectivity index is 2.61. The Hall–Kier alpha value is -1.99. The van der Waals surface area contributed by atoms with E-state index >= 15 is 0 Å². The Labute approximate surface area is 125 Å². The lowest BCUT2D eigenvalue weighted by Crippen LogP contribution is -2.18. The number of nitrogens with zero attached hydrogens (tertiary/aromatic N) is 2. The molecule has 1 aromatic carbocycles. The molecule has 0 atom stereocenters. The standard InChI is InChI=1S/C14H16N2O4S/c1-9(17)15-14-16(6-7-19-2)11-5-4-10(13(18)20-3)8-12(11)21-14/h4-5,8H,6-7H2,1-3H3. The van der Waals surface area contributed by atoms with Gasteiger partial charge in [0.1, 0.15) is 0 Å². The SMILES string of the molecule is COCCn1c(=NC(C)=O)sc2cc(C(=O)OC)ccc21. The number of hydrogen-bond donors (Lipinski definition) is 0. The monoisotopic (exact) mass is 308 g/mol. The Morgan fingerprint density at radius 1 is 1.33 bits per heavy atom. The fraction of sp³-hybridized carbons (Fsp3) is 0.357. The van der Waals surface area contributed by atoms with E-state index in [1.807, 2.05) is 10.6 Å². The minimum Gasteiger partial charge on any atom is -0.465 e. The number of methoxy groups -OCH3 is 2. The van der Waals surface area contributed by atoms with Gasteiger partial charge in [-0.3, -0.25) is 4.79 Å². The van der Waals surface area contributed by atoms with Gasteiger partial charge in [-0.15, -0.1) is 0 Å². The van der Waals surface area contributed by atoms with Crippen molar-refractivity contribution in [3.63, 3.8) is 0 Å². The van der Waals surface area contributed by atoms with Crippen LogP contribution < -0.4 is 4.80 Å². The van der Waals surface area contributed by atoms with Gasteiger partial charge in [0, 0.05) is 20.6 Å². The van der Waals surface area contributed by atoms with Crippen LogP contribution in [0.2, 0.25) is 0 Å². The third-order valence-electron chi connectivity index (χ3n) is 2.88. The summed E-state index contributed by atoms with van der Waals surface area (Å²) >= 11 is 1.36. The normalized spacial score (nSPS) is 11.9. The number of aromatic nitrogens is 1. The number of benzene rings is 1. The van der Waals surface area contributed by atoms with Crippen molar-refractivity contribution in [2.24, 2.45) is 4.99 Å². The van der Waals surface area contributed by atoms with Crippen LogP contribution in [0.5, 0.6) is 0 Å². The molecule has 0 radical (unpaired) electrons. The zero-order valence-electron chi connectivity index (χ0n) is 12.1. The number of hydrogen-bond acceptors (Lipinski definition) is 5. The summed E-state index contributed by atoms with van der Waals surface area (Å²) in [4.78, 5) is 27.4. The molecule has 0 aliphatic carbocycles. The molecule has 0 N–H and O–H groups in total. The van der Waals surface area contributed by atoms with Crippen molar-refractivity contribution in [2.45, 2.75) is 13.5 Å². The van der Waals surface area contributed by atoms with Gasteiger partial charge in [0.2, 0.25) is 5.91 Å². The first-order valence-electron chi connectivity index (χ1n) is 6.32. The average Bonchev–Trinajstić information content (AvgIpc) is 2.79. The molecule has 0 saturated carbocycles. The van der Waals surface area contributed by atoms with Crippen LogP contribution in [-0.2, 0) is 20.8 Å². The highest BCUT2D eigenvalue weighted by atomic mass is 32.1. The molecule has 1 aromatic heterocycles. The Kier molecular flexibility index (Phi) is 4.87. The highest BCUT2D eigenvalue weighted by Gasteiger charge is 2.11. The molecule has 0 aliphatic rings. The van der Waals surface area contributed by atoms with Crippen molar-refractivity contribution in [2.75, 3.05) is 20.8 Å². The van der Waals surface area contributed by atoms with Crippen molar-refractivity contribution in [1.82, 2.24) is 4.57 Å². The summed E-state index contributed by atoms with van der Waals surface area (Å²) < 4.78 is 12.6. The van der Waals surface area contributed by atoms with Crippen molar-refractivity contribution in [3.8, 4) is 0 Å². The van der Waals surface area contributed by atoms with Gasteiger partial charge in [-0.1, -0.05) is 11.3 Å². The molecule has 0 bridgehead atoms. The first kappa shape index (κ1) is 15.4. The van der Waals surface area contributed by atoms with E-state index in [4.69, 9.17) is 9.47 Å². The van der Waals surface area contributed by atoms with Crippen LogP contribution in [-0.4, -0.2) is 37.3 Å². The van der Waals surface area contributed by atoms with Gasteiger partial charge in [0.05, 0.1) is 29.5 Å². The maximum Gasteiger partial charge on any atom is 0.337 e. The second kappa shape index (κ2) is 6.64. The maximum atomic E-state index is 11.6. The van der Waals surface area contributed by atoms with Crippen LogP contribution in [0, 0.1) is 0 Å². The van der Waals surface area contributed by atoms with E-state index in [0.717, 1.165) is 10.2 Å². The number of fused-ring (bicyclic) bond motifs is 1. The highest BCUT2D eigenvalue weighted by molar-refractivity contribution is 7.16. The molecule has 0 saturated heterocycles. The zero-order valence-corrected chi connectivity index (χ0v) is 12.9. The van der Waals surface area contributed by atoms with Gasteiger partial charge in [-0.05, 0) is 18.2 Å². The van der Waals surface area contributed by atoms with E-state index in [9.17, 15) is 9.59 Å². The first-order chi connectivity index (χ1) is 10.1. The number of carbonyl (C=O) groups excluding carboxylic acids is 2. The molecular weight excluding hydrogens is 292 g/mol. The van der Waals surface area contributed by atoms with E-state index in [0.29, 0.717) is 23.5 Å². The van der Waals surface area contributed by atoms with E-state index in [1.54, 1.807) is 19.2 Å². The number of ether oxygens (including phenoxy) is 2. The lowest BCUT2D eigenvalue weighted by atomic mass is 10.2. The van der Waals surface area contributed by atoms with E-state index in [1.165, 1.54) is 25.4 Å². The molecule has 6 nitrogen and oxygen atoms in total. The minimum absolute atomic E-state index is 0.263. The van der Waals surface area contributed by atoms with Crippen LogP contribution in [0.15, 0.2) is 23.2 Å². The fourth-order valence-electron chi connectivity index (χ4n) is 1.94. The van der Waals surface area contributed by atoms with Crippen LogP contribution in [0.1, 0.15) is 17.3 Å². The summed E-state index contributed by atoms with van der Waals surface area (Å²) in [6.07, 6.45) is 0. The summed E-state index contributed by atoms with van der Waals surface area (Å²) in [6, 6.07) is 5.27. The van der Waals surface area contributed by atoms with Gasteiger partial charge >= 0.3 is 5.97 Å². The third-order valence-corrected chi connectivity index (χ3v) is 3.92. The lowest BCUT2D eigenvalue weighted by Gasteiger charge is -2.04. The van der Waals surface area contributed by atoms with Gasteiger partial charge < -0.3 is 14.0 Å². The van der Waals surface area contributed by atoms with Crippen LogP contribution >= 0.6 is 11.3 Å². The Bertz CT molecular complexity index is 745. The number of amides is 1. The molecule has 0 aliphatic heterocycles. The van der Waals surface area contributed by atoms with E-state index in [2.05, 4.69) is 4.99 Å². The van der Waals surface area contributed by atoms with E-state index < -0.39 is 5.97 Å². The van der Waals surface area contributed by atoms with Gasteiger partial charge in [-0.25, -0.2) is 4.79 Å². The number of rotatable bonds is 4. The van der Waals surface area contributed by atoms with Crippen molar-refractivity contribution in [1.29, 1.82) is 0 Å². The summed E-state index contributed by atoms with van der Waals surface area (Å²) in [7, 11) is 2.96. The Morgan fingerprint density at radius 2 is 2.10 bits per heavy atom. The number of thiazole rings is 1. The zero-order chi connectivity index (χ0) is 15.4. The summed E-state index contributed by atoms with van der Waals surface area (Å²) in [6.45, 7) is 2.50. The second-order valence-electron chi connectivity index (χ2n) is 4.33. The number of carbonyl (C=O) groups is 2. The predicted molar refractivity (Wildman–Crippen MR) is 79.3 cm³/mol. The largest absolute Gasteiger partial charge is 0.465 e. The summed E-state index contributed by atoms with van der Waals surface area (Å²) in [5, 5.41) is 0. The summed E-state index contributed by atoms with van der Waals surface area (Å²) in [5.74, 6) is -0.653. The van der Waals surface area contributed by atoms with Crippen LogP contribution in [0.25, 0.3) is 10.2 Å². The lowest BCUT2D eigenvalue weighted by molar-refractivity contribution is -0.116. The molecule has 1 amide bonds. The molecule has 0 spiro atoms. The highest BCUT2D eigenvalue weighted by Crippen LogP contribution is 2.19. The average molecular weight is 308 g/mol. The fourth-order valence-corrected chi connectivity index (χ4v) is 3.08. The van der Waals surface area contributed by atoms with E-state index in [-0.39, 0.29) is 5.91 Å². The van der Waals surface area contributed by atoms with Gasteiger partial charge in [-0.2, -0.15) is 4.99 Å². The molecule has 21 heavy (non-hydrogen) atoms. The first-order valence-corrected chi connectivity index (χ1v) is 7.14. The van der Waals surface area contributed by atoms with Gasteiger partial charge in [0.25, 0.3) is 0 Å². The molecule has 0 unspecified atom stereocenters. The summed E-state index contributed by atoms with van der Waals surface area (Å²) in [5.41, 5.74) is 1.38. The van der Waals surface area contributed by atoms with Crippen molar-refractivity contribution >= 4 is 33.4 Å². The quantitative estimate of drug-likeness (QED) is 0.804. The second-order valence-corrected chi connectivity index (χ2v) is 5.34. The van der Waals surface area contributed by atoms with Crippen molar-refractivity contribution < 1.29 is 19.1 Å². The van der Waals surface area contributed by atoms with Crippen LogP contribution in [0.4, 0.5) is 0 Å². The molecule has 2 aromatic rings. The Morgan fingerprint density at radius 3 is 2.71 bits per heavy atom. The topological polar surface area (TPSA) is 69.9 Å². The van der Waals surface area contributed by atoms with Crippen LogP contribution in [0.3, 0.4) is 0 Å². The molecule has 1 heterocycles. The smallest absolute Gasteiger partial charge is 0.337 e. The number of esters is 1. The van der Waals surface area contributed by atoms with Gasteiger partial charge in [0.15, 0.2) is 4.80 Å². The maximum absolute atomic E-state index is 11.6. The molecule has 0 fully saturated rings. The predicted octanol–water partition coefficient (Wildman–Crippen LogP) is 1.58.